The Balaban J connectivity index is 4.37. The van der Waals surface area contributed by atoms with Crippen molar-refractivity contribution in [2.24, 2.45) is 0 Å². The van der Waals surface area contributed by atoms with Crippen molar-refractivity contribution in [1.82, 2.24) is 4.90 Å². The van der Waals surface area contributed by atoms with Crippen LogP contribution in [0.3, 0.4) is 0 Å². The number of allylic oxidation sites excluding steroid dienone is 2. The summed E-state index contributed by atoms with van der Waals surface area (Å²) in [5, 5.41) is 0. The van der Waals surface area contributed by atoms with Crippen LogP contribution in [0.25, 0.3) is 0 Å². The lowest BCUT2D eigenvalue weighted by Gasteiger charge is -2.26. The average Bonchev–Trinajstić information content (AvgIpc) is 2.26. The second-order valence-electron chi connectivity index (χ2n) is 5.95. The fourth-order valence-corrected chi connectivity index (χ4v) is 4.74. The highest BCUT2D eigenvalue weighted by Crippen LogP contribution is 2.19. The fourth-order valence-electron chi connectivity index (χ4n) is 2.34. The van der Waals surface area contributed by atoms with Gasteiger partial charge in [-0.1, -0.05) is 52.4 Å². The molecule has 17 heavy (non-hydrogen) atoms. The maximum atomic E-state index is 2.55. The van der Waals surface area contributed by atoms with Crippen molar-refractivity contribution in [3.05, 3.63) is 11.8 Å². The summed E-state index contributed by atoms with van der Waals surface area (Å²) in [6.07, 6.45) is 6.36. The van der Waals surface area contributed by atoms with Crippen molar-refractivity contribution in [1.29, 1.82) is 0 Å². The molecule has 0 spiro atoms. The van der Waals surface area contributed by atoms with E-state index in [4.69, 9.17) is 0 Å². The Morgan fingerprint density at radius 2 is 1.53 bits per heavy atom. The molecule has 0 bridgehead atoms. The van der Waals surface area contributed by atoms with Gasteiger partial charge < -0.3 is 4.90 Å². The third kappa shape index (κ3) is 7.64. The maximum absolute atomic E-state index is 2.55. The Kier molecular flexibility index (Phi) is 8.66. The monoisotopic (exact) mass is 255 g/mol. The van der Waals surface area contributed by atoms with Crippen LogP contribution in [-0.2, 0) is 0 Å². The smallest absolute Gasteiger partial charge is 0.0511 e. The molecule has 0 N–H and O–H groups in total. The van der Waals surface area contributed by atoms with Gasteiger partial charge in [0.1, 0.15) is 0 Å². The predicted molar refractivity (Wildman–Crippen MR) is 83.3 cm³/mol. The molecule has 0 aromatic carbocycles. The van der Waals surface area contributed by atoms with Crippen LogP contribution in [0.2, 0.25) is 25.2 Å². The van der Waals surface area contributed by atoms with Gasteiger partial charge in [0.05, 0.1) is 8.07 Å². The van der Waals surface area contributed by atoms with Crippen LogP contribution >= 0.6 is 0 Å². The second kappa shape index (κ2) is 8.79. The summed E-state index contributed by atoms with van der Waals surface area (Å²) in [7, 11) is -0.961. The summed E-state index contributed by atoms with van der Waals surface area (Å²) in [6, 6.07) is 2.80. The standard InChI is InChI=1S/C15H33NSi/c1-7-11-16(12-8-2)15(4)10-14-17(5,6)13-9-3/h10H,7-9,11-14H2,1-6H3. The molecule has 0 aliphatic rings. The van der Waals surface area contributed by atoms with Gasteiger partial charge in [-0.05, 0) is 25.8 Å². The van der Waals surface area contributed by atoms with E-state index in [1.165, 1.54) is 50.1 Å². The summed E-state index contributed by atoms with van der Waals surface area (Å²) in [6.45, 7) is 16.6. The number of rotatable bonds is 9. The number of hydrogen-bond donors (Lipinski definition) is 0. The highest BCUT2D eigenvalue weighted by molar-refractivity contribution is 6.77. The second-order valence-corrected chi connectivity index (χ2v) is 11.2. The van der Waals surface area contributed by atoms with Gasteiger partial charge in [0.25, 0.3) is 0 Å². The third-order valence-corrected chi connectivity index (χ3v) is 6.53. The van der Waals surface area contributed by atoms with Crippen molar-refractivity contribution in [2.75, 3.05) is 13.1 Å². The summed E-state index contributed by atoms with van der Waals surface area (Å²) in [4.78, 5) is 2.55. The zero-order valence-corrected chi connectivity index (χ0v) is 14.0. The van der Waals surface area contributed by atoms with E-state index >= 15 is 0 Å². The molecule has 0 rings (SSSR count). The Bertz CT molecular complexity index is 215. The minimum absolute atomic E-state index is 0.961. The van der Waals surface area contributed by atoms with Crippen LogP contribution in [0.5, 0.6) is 0 Å². The zero-order chi connectivity index (χ0) is 13.3. The summed E-state index contributed by atoms with van der Waals surface area (Å²) >= 11 is 0. The third-order valence-electron chi connectivity index (χ3n) is 3.36. The summed E-state index contributed by atoms with van der Waals surface area (Å²) < 4.78 is 0. The molecular weight excluding hydrogens is 222 g/mol. The van der Waals surface area contributed by atoms with Gasteiger partial charge in [0.15, 0.2) is 0 Å². The highest BCUT2D eigenvalue weighted by atomic mass is 28.3. The van der Waals surface area contributed by atoms with Crippen molar-refractivity contribution in [2.45, 2.75) is 72.1 Å². The molecule has 0 unspecified atom stereocenters. The first-order valence-electron chi connectivity index (χ1n) is 7.38. The molecule has 0 aliphatic carbocycles. The Morgan fingerprint density at radius 3 is 1.94 bits per heavy atom. The number of hydrogen-bond acceptors (Lipinski definition) is 1. The van der Waals surface area contributed by atoms with E-state index in [0.717, 1.165) is 0 Å². The van der Waals surface area contributed by atoms with Gasteiger partial charge in [0, 0.05) is 18.8 Å². The minimum atomic E-state index is -0.961. The number of nitrogens with zero attached hydrogens (tertiary/aromatic N) is 1. The van der Waals surface area contributed by atoms with Crippen LogP contribution in [0.1, 0.15) is 47.0 Å². The Hall–Kier alpha value is -0.243. The zero-order valence-electron chi connectivity index (χ0n) is 13.0. The van der Waals surface area contributed by atoms with Gasteiger partial charge in [-0.2, -0.15) is 0 Å². The van der Waals surface area contributed by atoms with E-state index < -0.39 is 8.07 Å². The molecule has 0 heterocycles. The molecule has 2 heteroatoms. The lowest BCUT2D eigenvalue weighted by molar-refractivity contribution is 0.344. The summed E-state index contributed by atoms with van der Waals surface area (Å²) in [5.74, 6) is 0. The van der Waals surface area contributed by atoms with Crippen molar-refractivity contribution in [3.8, 4) is 0 Å². The van der Waals surface area contributed by atoms with Crippen LogP contribution < -0.4 is 0 Å². The first-order valence-corrected chi connectivity index (χ1v) is 10.8. The molecule has 0 saturated heterocycles. The lowest BCUT2D eigenvalue weighted by Crippen LogP contribution is -2.26. The molecule has 0 aromatic heterocycles. The molecule has 0 fully saturated rings. The Labute approximate surface area is 110 Å². The summed E-state index contributed by atoms with van der Waals surface area (Å²) in [5.41, 5.74) is 1.50. The molecule has 0 atom stereocenters. The highest BCUT2D eigenvalue weighted by Gasteiger charge is 2.17. The van der Waals surface area contributed by atoms with E-state index in [9.17, 15) is 0 Å². The molecule has 0 aliphatic heterocycles. The van der Waals surface area contributed by atoms with Crippen LogP contribution in [0, 0.1) is 0 Å². The Morgan fingerprint density at radius 1 is 1.00 bits per heavy atom. The van der Waals surface area contributed by atoms with E-state index in [1.54, 1.807) is 0 Å². The van der Waals surface area contributed by atoms with Gasteiger partial charge >= 0.3 is 0 Å². The van der Waals surface area contributed by atoms with Gasteiger partial charge in [-0.25, -0.2) is 0 Å². The van der Waals surface area contributed by atoms with Crippen LogP contribution in [0.4, 0.5) is 0 Å². The van der Waals surface area contributed by atoms with Crippen molar-refractivity contribution in [3.63, 3.8) is 0 Å². The SMILES string of the molecule is CCCN(CCC)C(C)=CC[Si](C)(C)CCC. The van der Waals surface area contributed by atoms with Gasteiger partial charge in [-0.3, -0.25) is 0 Å². The largest absolute Gasteiger partial charge is 0.375 e. The van der Waals surface area contributed by atoms with Crippen molar-refractivity contribution < 1.29 is 0 Å². The molecule has 102 valence electrons. The molecular formula is C15H33NSi. The molecule has 0 radical (unpaired) electrons. The van der Waals surface area contributed by atoms with E-state index in [2.05, 4.69) is 51.8 Å². The topological polar surface area (TPSA) is 3.24 Å². The van der Waals surface area contributed by atoms with E-state index in [1.807, 2.05) is 0 Å². The molecule has 1 nitrogen and oxygen atoms in total. The molecule has 0 aromatic rings. The average molecular weight is 256 g/mol. The van der Waals surface area contributed by atoms with Crippen molar-refractivity contribution >= 4 is 8.07 Å². The van der Waals surface area contributed by atoms with Crippen LogP contribution in [0.15, 0.2) is 11.8 Å². The first kappa shape index (κ1) is 16.8. The minimum Gasteiger partial charge on any atom is -0.375 e. The first-order chi connectivity index (χ1) is 7.96. The molecule has 0 amide bonds. The maximum Gasteiger partial charge on any atom is 0.0511 e. The normalized spacial score (nSPS) is 12.9. The van der Waals surface area contributed by atoms with E-state index in [-0.39, 0.29) is 0 Å². The predicted octanol–water partition coefficient (Wildman–Crippen LogP) is 5.13. The lowest BCUT2D eigenvalue weighted by atomic mass is 10.3. The molecule has 0 saturated carbocycles. The van der Waals surface area contributed by atoms with Gasteiger partial charge in [0.2, 0.25) is 0 Å². The quantitative estimate of drug-likeness (QED) is 0.516. The van der Waals surface area contributed by atoms with Crippen LogP contribution in [-0.4, -0.2) is 26.1 Å². The van der Waals surface area contributed by atoms with E-state index in [0.29, 0.717) is 0 Å². The van der Waals surface area contributed by atoms with Gasteiger partial charge in [-0.15, -0.1) is 0 Å². The fraction of sp³-hybridized carbons (Fsp3) is 0.867.